The van der Waals surface area contributed by atoms with Crippen LogP contribution in [-0.4, -0.2) is 31.6 Å². The molecule has 1 aromatic carbocycles. The smallest absolute Gasteiger partial charge is 0.329 e. The zero-order valence-electron chi connectivity index (χ0n) is 12.0. The average molecular weight is 278 g/mol. The fourth-order valence-electron chi connectivity index (χ4n) is 2.31. The second kappa shape index (κ2) is 6.24. The molecule has 2 rings (SSSR count). The number of rotatable bonds is 6. The Bertz CT molecular complexity index is 578. The van der Waals surface area contributed by atoms with Gasteiger partial charge in [0.25, 0.3) is 0 Å². The highest BCUT2D eigenvalue weighted by atomic mass is 16.3. The van der Waals surface area contributed by atoms with E-state index in [2.05, 4.69) is 0 Å². The molecule has 0 amide bonds. The molecule has 0 aliphatic heterocycles. The Hall–Kier alpha value is -1.59. The third-order valence-corrected chi connectivity index (χ3v) is 3.65. The summed E-state index contributed by atoms with van der Waals surface area (Å²) in [4.78, 5) is 12.5. The van der Waals surface area contributed by atoms with E-state index in [1.807, 2.05) is 38.1 Å². The van der Waals surface area contributed by atoms with E-state index in [1.54, 1.807) is 9.13 Å². The van der Waals surface area contributed by atoms with Crippen LogP contribution in [0.15, 0.2) is 29.1 Å². The molecule has 0 aliphatic carbocycles. The minimum absolute atomic E-state index is 0.175. The van der Waals surface area contributed by atoms with Gasteiger partial charge in [0.05, 0.1) is 36.3 Å². The minimum Gasteiger partial charge on any atom is -0.391 e. The van der Waals surface area contributed by atoms with E-state index in [0.717, 1.165) is 11.0 Å². The summed E-state index contributed by atoms with van der Waals surface area (Å²) in [7, 11) is 0. The molecule has 5 heteroatoms. The molecule has 2 aromatic rings. The zero-order valence-corrected chi connectivity index (χ0v) is 12.0. The van der Waals surface area contributed by atoms with Gasteiger partial charge < -0.3 is 10.2 Å². The first-order valence-corrected chi connectivity index (χ1v) is 7.12. The molecular weight excluding hydrogens is 256 g/mol. The average Bonchev–Trinajstić information content (AvgIpc) is 2.72. The van der Waals surface area contributed by atoms with E-state index in [4.69, 9.17) is 0 Å². The van der Waals surface area contributed by atoms with Crippen molar-refractivity contribution in [3.8, 4) is 0 Å². The van der Waals surface area contributed by atoms with E-state index in [0.29, 0.717) is 12.8 Å². The van der Waals surface area contributed by atoms with Crippen LogP contribution in [0.4, 0.5) is 0 Å². The largest absolute Gasteiger partial charge is 0.391 e. The molecule has 2 atom stereocenters. The standard InChI is InChI=1S/C15H22N2O3/c1-3-11(18)9-16-13-7-5-6-8-14(13)17(15(16)20)10-12(19)4-2/h5-8,11-12,18-19H,3-4,9-10H2,1-2H3. The fourth-order valence-corrected chi connectivity index (χ4v) is 2.31. The summed E-state index contributed by atoms with van der Waals surface area (Å²) in [6, 6.07) is 7.48. The lowest BCUT2D eigenvalue weighted by molar-refractivity contribution is 0.144. The molecule has 0 bridgehead atoms. The van der Waals surface area contributed by atoms with Gasteiger partial charge in [-0.3, -0.25) is 9.13 Å². The number of benzene rings is 1. The van der Waals surface area contributed by atoms with Crippen LogP contribution < -0.4 is 5.69 Å². The van der Waals surface area contributed by atoms with Crippen molar-refractivity contribution in [3.63, 3.8) is 0 Å². The number of aliphatic hydroxyl groups excluding tert-OH is 2. The number of hydrogen-bond donors (Lipinski definition) is 2. The molecule has 2 N–H and O–H groups in total. The molecule has 1 heterocycles. The van der Waals surface area contributed by atoms with Crippen molar-refractivity contribution in [2.45, 2.75) is 52.0 Å². The van der Waals surface area contributed by atoms with Gasteiger partial charge in [-0.05, 0) is 25.0 Å². The molecule has 0 aliphatic rings. The number of fused-ring (bicyclic) bond motifs is 1. The number of aliphatic hydroxyl groups is 2. The molecule has 0 saturated heterocycles. The number of imidazole rings is 1. The number of para-hydroxylation sites is 2. The summed E-state index contributed by atoms with van der Waals surface area (Å²) in [6.45, 7) is 4.33. The monoisotopic (exact) mass is 278 g/mol. The van der Waals surface area contributed by atoms with Crippen LogP contribution in [0.2, 0.25) is 0 Å². The van der Waals surface area contributed by atoms with Gasteiger partial charge >= 0.3 is 5.69 Å². The Morgan fingerprint density at radius 1 is 0.950 bits per heavy atom. The van der Waals surface area contributed by atoms with Crippen molar-refractivity contribution < 1.29 is 10.2 Å². The zero-order chi connectivity index (χ0) is 14.7. The lowest BCUT2D eigenvalue weighted by Crippen LogP contribution is -2.31. The minimum atomic E-state index is -0.539. The third-order valence-electron chi connectivity index (χ3n) is 3.65. The Labute approximate surface area is 118 Å². The van der Waals surface area contributed by atoms with Gasteiger partial charge in [0.1, 0.15) is 0 Å². The molecular formula is C15H22N2O3. The lowest BCUT2D eigenvalue weighted by Gasteiger charge is -2.09. The molecule has 1 aromatic heterocycles. The highest BCUT2D eigenvalue weighted by Gasteiger charge is 2.16. The molecule has 110 valence electrons. The normalized spacial score (nSPS) is 14.6. The van der Waals surface area contributed by atoms with Gasteiger partial charge in [-0.15, -0.1) is 0 Å². The van der Waals surface area contributed by atoms with Crippen LogP contribution in [0.3, 0.4) is 0 Å². The van der Waals surface area contributed by atoms with Gasteiger partial charge in [0, 0.05) is 0 Å². The van der Waals surface area contributed by atoms with Crippen LogP contribution >= 0.6 is 0 Å². The van der Waals surface area contributed by atoms with Crippen molar-refractivity contribution in [1.82, 2.24) is 9.13 Å². The highest BCUT2D eigenvalue weighted by Crippen LogP contribution is 2.14. The van der Waals surface area contributed by atoms with Gasteiger partial charge in [0.15, 0.2) is 0 Å². The topological polar surface area (TPSA) is 67.4 Å². The van der Waals surface area contributed by atoms with Gasteiger partial charge in [-0.25, -0.2) is 4.79 Å². The van der Waals surface area contributed by atoms with Crippen LogP contribution in [0, 0.1) is 0 Å². The van der Waals surface area contributed by atoms with Gasteiger partial charge in [-0.1, -0.05) is 26.0 Å². The van der Waals surface area contributed by atoms with Crippen LogP contribution in [0.1, 0.15) is 26.7 Å². The first-order chi connectivity index (χ1) is 9.58. The Morgan fingerprint density at radius 2 is 1.35 bits per heavy atom. The third kappa shape index (κ3) is 2.78. The maximum atomic E-state index is 12.5. The van der Waals surface area contributed by atoms with Crippen molar-refractivity contribution in [2.75, 3.05) is 0 Å². The molecule has 20 heavy (non-hydrogen) atoms. The maximum Gasteiger partial charge on any atom is 0.329 e. The lowest BCUT2D eigenvalue weighted by atomic mass is 10.2. The van der Waals surface area contributed by atoms with E-state index in [1.165, 1.54) is 0 Å². The summed E-state index contributed by atoms with van der Waals surface area (Å²) in [5.41, 5.74) is 1.42. The Kier molecular flexibility index (Phi) is 4.62. The number of nitrogens with zero attached hydrogens (tertiary/aromatic N) is 2. The summed E-state index contributed by atoms with van der Waals surface area (Å²) in [6.07, 6.45) is 0.124. The maximum absolute atomic E-state index is 12.5. The predicted molar refractivity (Wildman–Crippen MR) is 78.8 cm³/mol. The Morgan fingerprint density at radius 3 is 1.70 bits per heavy atom. The molecule has 0 saturated carbocycles. The van der Waals surface area contributed by atoms with Crippen LogP contribution in [0.25, 0.3) is 11.0 Å². The van der Waals surface area contributed by atoms with Crippen LogP contribution in [0.5, 0.6) is 0 Å². The quantitative estimate of drug-likeness (QED) is 0.838. The van der Waals surface area contributed by atoms with Gasteiger partial charge in [0.2, 0.25) is 0 Å². The molecule has 0 radical (unpaired) electrons. The summed E-state index contributed by atoms with van der Waals surface area (Å²) < 4.78 is 3.18. The molecule has 2 unspecified atom stereocenters. The van der Waals surface area contributed by atoms with Crippen LogP contribution in [-0.2, 0) is 13.1 Å². The highest BCUT2D eigenvalue weighted by molar-refractivity contribution is 5.76. The molecule has 5 nitrogen and oxygen atoms in total. The first-order valence-electron chi connectivity index (χ1n) is 7.12. The van der Waals surface area contributed by atoms with Crippen molar-refractivity contribution >= 4 is 11.0 Å². The summed E-state index contributed by atoms with van der Waals surface area (Å²) in [5, 5.41) is 19.6. The fraction of sp³-hybridized carbons (Fsp3) is 0.533. The van der Waals surface area contributed by atoms with Crippen molar-refractivity contribution in [1.29, 1.82) is 0 Å². The summed E-state index contributed by atoms with van der Waals surface area (Å²) >= 11 is 0. The van der Waals surface area contributed by atoms with Crippen molar-refractivity contribution in [2.24, 2.45) is 0 Å². The van der Waals surface area contributed by atoms with E-state index in [9.17, 15) is 15.0 Å². The molecule has 0 spiro atoms. The van der Waals surface area contributed by atoms with Crippen molar-refractivity contribution in [3.05, 3.63) is 34.7 Å². The predicted octanol–water partition coefficient (Wildman–Crippen LogP) is 1.34. The summed E-state index contributed by atoms with van der Waals surface area (Å²) in [5.74, 6) is 0. The van der Waals surface area contributed by atoms with E-state index < -0.39 is 12.2 Å². The Balaban J connectivity index is 2.52. The number of aromatic nitrogens is 2. The first kappa shape index (κ1) is 14.8. The SMILES string of the molecule is CCC(O)Cn1c(=O)n(CC(O)CC)c2ccccc21. The second-order valence-electron chi connectivity index (χ2n) is 5.12. The van der Waals surface area contributed by atoms with E-state index in [-0.39, 0.29) is 18.8 Å². The van der Waals surface area contributed by atoms with Gasteiger partial charge in [-0.2, -0.15) is 0 Å². The number of hydrogen-bond acceptors (Lipinski definition) is 3. The second-order valence-corrected chi connectivity index (χ2v) is 5.12. The van der Waals surface area contributed by atoms with E-state index >= 15 is 0 Å². The molecule has 0 fully saturated rings.